The summed E-state index contributed by atoms with van der Waals surface area (Å²) < 4.78 is 62.7. The zero-order valence-electron chi connectivity index (χ0n) is 18.1. The van der Waals surface area contributed by atoms with Crippen molar-refractivity contribution in [2.24, 2.45) is 0 Å². The van der Waals surface area contributed by atoms with E-state index in [1.165, 1.54) is 29.6 Å². The molecule has 12 heteroatoms. The van der Waals surface area contributed by atoms with Gasteiger partial charge in [-0.15, -0.1) is 0 Å². The number of anilines is 2. The minimum atomic E-state index is -3.83. The third-order valence-corrected chi connectivity index (χ3v) is 7.19. The van der Waals surface area contributed by atoms with Gasteiger partial charge in [-0.1, -0.05) is 12.1 Å². The van der Waals surface area contributed by atoms with E-state index in [9.17, 15) is 21.6 Å². The molecule has 1 fully saturated rings. The second-order valence-electron chi connectivity index (χ2n) is 7.20. The molecule has 1 amide bonds. The lowest BCUT2D eigenvalue weighted by Crippen LogP contribution is -2.40. The molecule has 0 unspecified atom stereocenters. The Bertz CT molecular complexity index is 1240. The molecular formula is C21H25N3O7S2. The number of hydrogen-bond acceptors (Lipinski definition) is 7. The van der Waals surface area contributed by atoms with Crippen molar-refractivity contribution in [3.05, 3.63) is 54.1 Å². The first-order valence-corrected chi connectivity index (χ1v) is 13.2. The minimum absolute atomic E-state index is 0.0392. The van der Waals surface area contributed by atoms with Crippen LogP contribution in [0.3, 0.4) is 0 Å². The fourth-order valence-corrected chi connectivity index (χ4v) is 5.27. The van der Waals surface area contributed by atoms with Gasteiger partial charge in [0.05, 0.1) is 26.6 Å². The Kier molecular flexibility index (Phi) is 7.74. The van der Waals surface area contributed by atoms with Crippen LogP contribution in [-0.4, -0.2) is 66.7 Å². The summed E-state index contributed by atoms with van der Waals surface area (Å²) in [6.45, 7) is 1.11. The Morgan fingerprint density at radius 3 is 2.27 bits per heavy atom. The summed E-state index contributed by atoms with van der Waals surface area (Å²) in [6.07, 6.45) is 3.90. The molecule has 0 spiro atoms. The Hall–Kier alpha value is -2.93. The highest BCUT2D eigenvalue weighted by atomic mass is 32.2. The fraction of sp³-hybridized carbons (Fsp3) is 0.286. The molecule has 2 N–H and O–H groups in total. The molecule has 1 saturated heterocycles. The SMILES string of the molecule is COc1ccc(NC(=O)/C=C/c2ccc(NS(C)(=O)=O)cc2)cc1S(=O)(=O)N1CCOCC1. The zero-order valence-corrected chi connectivity index (χ0v) is 19.8. The summed E-state index contributed by atoms with van der Waals surface area (Å²) >= 11 is 0. The molecule has 0 aliphatic carbocycles. The van der Waals surface area contributed by atoms with Crippen LogP contribution in [0.1, 0.15) is 5.56 Å². The second kappa shape index (κ2) is 10.3. The Morgan fingerprint density at radius 2 is 1.67 bits per heavy atom. The summed E-state index contributed by atoms with van der Waals surface area (Å²) in [5.74, 6) is -0.286. The van der Waals surface area contributed by atoms with Crippen molar-refractivity contribution in [3.8, 4) is 5.75 Å². The highest BCUT2D eigenvalue weighted by Crippen LogP contribution is 2.30. The van der Waals surface area contributed by atoms with Crippen molar-refractivity contribution in [2.45, 2.75) is 4.90 Å². The summed E-state index contributed by atoms with van der Waals surface area (Å²) in [4.78, 5) is 12.3. The van der Waals surface area contributed by atoms with Gasteiger partial charge in [0.2, 0.25) is 26.0 Å². The molecule has 33 heavy (non-hydrogen) atoms. The summed E-state index contributed by atoms with van der Waals surface area (Å²) in [5.41, 5.74) is 1.38. The maximum atomic E-state index is 13.1. The van der Waals surface area contributed by atoms with Crippen molar-refractivity contribution >= 4 is 43.4 Å². The molecule has 0 atom stereocenters. The third-order valence-electron chi connectivity index (χ3n) is 4.66. The largest absolute Gasteiger partial charge is 0.495 e. The smallest absolute Gasteiger partial charge is 0.248 e. The van der Waals surface area contributed by atoms with Gasteiger partial charge < -0.3 is 14.8 Å². The number of morpholine rings is 1. The highest BCUT2D eigenvalue weighted by molar-refractivity contribution is 7.92. The van der Waals surface area contributed by atoms with E-state index in [0.717, 1.165) is 6.26 Å². The van der Waals surface area contributed by atoms with Crippen molar-refractivity contribution in [3.63, 3.8) is 0 Å². The highest BCUT2D eigenvalue weighted by Gasteiger charge is 2.29. The number of benzene rings is 2. The minimum Gasteiger partial charge on any atom is -0.495 e. The monoisotopic (exact) mass is 495 g/mol. The van der Waals surface area contributed by atoms with Gasteiger partial charge >= 0.3 is 0 Å². The van der Waals surface area contributed by atoms with Gasteiger partial charge in [0, 0.05) is 30.5 Å². The number of amides is 1. The van der Waals surface area contributed by atoms with Crippen LogP contribution in [0.15, 0.2) is 53.4 Å². The predicted octanol–water partition coefficient (Wildman–Crippen LogP) is 1.74. The number of carbonyl (C=O) groups is 1. The second-order valence-corrected chi connectivity index (χ2v) is 10.9. The summed E-state index contributed by atoms with van der Waals surface area (Å²) in [6, 6.07) is 10.8. The van der Waals surface area contributed by atoms with Crippen LogP contribution in [0.5, 0.6) is 5.75 Å². The first kappa shape index (κ1) is 24.7. The number of nitrogens with zero attached hydrogens (tertiary/aromatic N) is 1. The van der Waals surface area contributed by atoms with Crippen molar-refractivity contribution in [1.82, 2.24) is 4.31 Å². The number of hydrogen-bond donors (Lipinski definition) is 2. The van der Waals surface area contributed by atoms with E-state index in [2.05, 4.69) is 10.0 Å². The Labute approximate surface area is 193 Å². The van der Waals surface area contributed by atoms with E-state index in [4.69, 9.17) is 9.47 Å². The molecule has 178 valence electrons. The van der Waals surface area contributed by atoms with Crippen molar-refractivity contribution < 1.29 is 31.1 Å². The number of carbonyl (C=O) groups excluding carboxylic acids is 1. The van der Waals surface area contributed by atoms with E-state index in [1.807, 2.05) is 0 Å². The normalized spacial score (nSPS) is 15.3. The molecule has 1 aliphatic rings. The van der Waals surface area contributed by atoms with Gasteiger partial charge in [0.1, 0.15) is 10.6 Å². The standard InChI is InChI=1S/C21H25N3O7S2/c1-30-19-9-8-18(15-20(19)33(28,29)24-11-13-31-14-12-24)22-21(25)10-5-16-3-6-17(7-4-16)23-32(2,26)27/h3-10,15,23H,11-14H2,1-2H3,(H,22,25)/b10-5+. The molecule has 1 aliphatic heterocycles. The van der Waals surface area contributed by atoms with Crippen LogP contribution < -0.4 is 14.8 Å². The number of rotatable bonds is 8. The lowest BCUT2D eigenvalue weighted by atomic mass is 10.2. The van der Waals surface area contributed by atoms with E-state index >= 15 is 0 Å². The zero-order chi connectivity index (χ0) is 24.1. The van der Waals surface area contributed by atoms with E-state index in [0.29, 0.717) is 30.2 Å². The van der Waals surface area contributed by atoms with Gasteiger partial charge in [-0.3, -0.25) is 9.52 Å². The number of ether oxygens (including phenoxy) is 2. The average molecular weight is 496 g/mol. The van der Waals surface area contributed by atoms with Gasteiger partial charge in [-0.25, -0.2) is 16.8 Å². The molecule has 10 nitrogen and oxygen atoms in total. The van der Waals surface area contributed by atoms with Crippen LogP contribution in [0, 0.1) is 0 Å². The van der Waals surface area contributed by atoms with E-state index < -0.39 is 26.0 Å². The fourth-order valence-electron chi connectivity index (χ4n) is 3.11. The maximum absolute atomic E-state index is 13.1. The van der Waals surface area contributed by atoms with Crippen LogP contribution in [0.2, 0.25) is 0 Å². The predicted molar refractivity (Wildman–Crippen MR) is 125 cm³/mol. The maximum Gasteiger partial charge on any atom is 0.248 e. The van der Waals surface area contributed by atoms with Crippen LogP contribution in [0.25, 0.3) is 6.08 Å². The summed E-state index contributed by atoms with van der Waals surface area (Å²) in [5, 5.41) is 2.64. The molecular weight excluding hydrogens is 470 g/mol. The number of nitrogens with one attached hydrogen (secondary N) is 2. The molecule has 0 radical (unpaired) electrons. The van der Waals surface area contributed by atoms with Crippen molar-refractivity contribution in [1.29, 1.82) is 0 Å². The van der Waals surface area contributed by atoms with Gasteiger partial charge in [0.15, 0.2) is 0 Å². The molecule has 2 aromatic rings. The van der Waals surface area contributed by atoms with Crippen LogP contribution >= 0.6 is 0 Å². The van der Waals surface area contributed by atoms with Gasteiger partial charge in [-0.2, -0.15) is 4.31 Å². The lowest BCUT2D eigenvalue weighted by molar-refractivity contribution is -0.111. The van der Waals surface area contributed by atoms with E-state index in [1.54, 1.807) is 36.4 Å². The van der Waals surface area contributed by atoms with Crippen LogP contribution in [-0.2, 0) is 29.6 Å². The first-order chi connectivity index (χ1) is 15.6. The van der Waals surface area contributed by atoms with Gasteiger partial charge in [0.25, 0.3) is 0 Å². The molecule has 3 rings (SSSR count). The Balaban J connectivity index is 1.72. The average Bonchev–Trinajstić information content (AvgIpc) is 2.78. The molecule has 0 saturated carbocycles. The van der Waals surface area contributed by atoms with Crippen LogP contribution in [0.4, 0.5) is 11.4 Å². The molecule has 2 aromatic carbocycles. The quantitative estimate of drug-likeness (QED) is 0.533. The molecule has 0 aromatic heterocycles. The molecule has 1 heterocycles. The van der Waals surface area contributed by atoms with E-state index in [-0.39, 0.29) is 23.7 Å². The van der Waals surface area contributed by atoms with Gasteiger partial charge in [-0.05, 0) is 42.0 Å². The lowest BCUT2D eigenvalue weighted by Gasteiger charge is -2.26. The number of methoxy groups -OCH3 is 1. The third kappa shape index (κ3) is 6.78. The first-order valence-electron chi connectivity index (χ1n) is 9.91. The topological polar surface area (TPSA) is 131 Å². The van der Waals surface area contributed by atoms with Crippen molar-refractivity contribution in [2.75, 3.05) is 49.7 Å². The Morgan fingerprint density at radius 1 is 1.03 bits per heavy atom. The summed E-state index contributed by atoms with van der Waals surface area (Å²) in [7, 11) is -5.81. The molecule has 0 bridgehead atoms. The number of sulfonamides is 2.